The molecule has 31 heavy (non-hydrogen) atoms. The molecule has 162 valence electrons. The van der Waals surface area contributed by atoms with Crippen molar-refractivity contribution >= 4 is 28.9 Å². The Morgan fingerprint density at radius 3 is 2.74 bits per heavy atom. The van der Waals surface area contributed by atoms with Crippen LogP contribution in [0.3, 0.4) is 0 Å². The fraction of sp³-hybridized carbons (Fsp3) is 0.318. The second-order valence-corrected chi connectivity index (χ2v) is 8.49. The predicted octanol–water partition coefficient (Wildman–Crippen LogP) is 3.80. The number of rotatable bonds is 6. The molecule has 3 aromatic rings. The summed E-state index contributed by atoms with van der Waals surface area (Å²) in [4.78, 5) is 17.0. The normalized spacial score (nSPS) is 15.9. The van der Waals surface area contributed by atoms with Crippen LogP contribution in [-0.2, 0) is 0 Å². The molecule has 0 fully saturated rings. The van der Waals surface area contributed by atoms with E-state index < -0.39 is 5.60 Å². The number of pyridine rings is 1. The second kappa shape index (κ2) is 8.20. The molecule has 0 spiro atoms. The number of nitrogens with zero attached hydrogens (tertiary/aromatic N) is 3. The Hall–Kier alpha value is -3.10. The average molecular weight is 442 g/mol. The Bertz CT molecular complexity index is 1110. The largest absolute Gasteiger partial charge is 0.493 e. The van der Waals surface area contributed by atoms with E-state index in [1.807, 2.05) is 18.2 Å². The molecule has 1 amide bonds. The summed E-state index contributed by atoms with van der Waals surface area (Å²) in [5.41, 5.74) is 2.00. The van der Waals surface area contributed by atoms with Crippen LogP contribution in [-0.4, -0.2) is 45.0 Å². The lowest BCUT2D eigenvalue weighted by atomic mass is 9.98. The first kappa shape index (κ1) is 21.1. The molecule has 1 aliphatic rings. The van der Waals surface area contributed by atoms with Gasteiger partial charge in [0, 0.05) is 24.5 Å². The van der Waals surface area contributed by atoms with Crippen LogP contribution in [0.1, 0.15) is 36.8 Å². The Morgan fingerprint density at radius 2 is 2.06 bits per heavy atom. The number of fused-ring (bicyclic) bond motifs is 1. The fourth-order valence-electron chi connectivity index (χ4n) is 3.81. The van der Waals surface area contributed by atoms with Crippen LogP contribution in [0.4, 0.5) is 11.4 Å². The monoisotopic (exact) mass is 441 g/mol. The Kier molecular flexibility index (Phi) is 5.60. The first-order valence-corrected chi connectivity index (χ1v) is 10.3. The highest BCUT2D eigenvalue weighted by molar-refractivity contribution is 6.32. The van der Waals surface area contributed by atoms with Gasteiger partial charge in [0.05, 0.1) is 35.2 Å². The molecule has 1 atom stereocenters. The van der Waals surface area contributed by atoms with Crippen molar-refractivity contribution < 1.29 is 14.6 Å². The number of para-hydroxylation sites is 1. The topological polar surface area (TPSA) is 101 Å². The highest BCUT2D eigenvalue weighted by Crippen LogP contribution is 2.40. The summed E-state index contributed by atoms with van der Waals surface area (Å²) in [6, 6.07) is 8.81. The molecule has 0 aliphatic carbocycles. The number of aromatic nitrogens is 3. The number of carbonyl (C=O) groups excluding carboxylic acids is 1. The first-order chi connectivity index (χ1) is 14.8. The van der Waals surface area contributed by atoms with Crippen LogP contribution in [0.2, 0.25) is 5.02 Å². The molecule has 8 nitrogen and oxygen atoms in total. The highest BCUT2D eigenvalue weighted by atomic mass is 35.5. The van der Waals surface area contributed by atoms with Crippen molar-refractivity contribution in [2.45, 2.75) is 31.9 Å². The van der Waals surface area contributed by atoms with Crippen molar-refractivity contribution in [2.75, 3.05) is 19.0 Å². The fourth-order valence-corrected chi connectivity index (χ4v) is 4.06. The third kappa shape index (κ3) is 4.22. The predicted molar refractivity (Wildman–Crippen MR) is 119 cm³/mol. The number of amides is 1. The molecule has 1 aromatic carbocycles. The summed E-state index contributed by atoms with van der Waals surface area (Å²) in [7, 11) is 1.54. The van der Waals surface area contributed by atoms with E-state index in [1.54, 1.807) is 43.1 Å². The van der Waals surface area contributed by atoms with Gasteiger partial charge in [-0.1, -0.05) is 17.7 Å². The van der Waals surface area contributed by atoms with Crippen molar-refractivity contribution in [1.29, 1.82) is 0 Å². The molecular formula is C22H24ClN5O3. The van der Waals surface area contributed by atoms with E-state index in [1.165, 1.54) is 7.11 Å². The van der Waals surface area contributed by atoms with Gasteiger partial charge in [0.25, 0.3) is 5.91 Å². The molecule has 4 rings (SSSR count). The van der Waals surface area contributed by atoms with Crippen LogP contribution < -0.4 is 15.4 Å². The van der Waals surface area contributed by atoms with Gasteiger partial charge >= 0.3 is 0 Å². The number of halogens is 1. The average Bonchev–Trinajstić information content (AvgIpc) is 3.10. The first-order valence-electron chi connectivity index (χ1n) is 9.91. The van der Waals surface area contributed by atoms with Crippen molar-refractivity contribution in [3.8, 4) is 17.0 Å². The number of methoxy groups -OCH3 is 1. The van der Waals surface area contributed by atoms with Gasteiger partial charge in [-0.05, 0) is 44.5 Å². The third-order valence-corrected chi connectivity index (χ3v) is 5.39. The highest BCUT2D eigenvalue weighted by Gasteiger charge is 2.35. The number of hydrogen-bond acceptors (Lipinski definition) is 6. The van der Waals surface area contributed by atoms with Gasteiger partial charge < -0.3 is 20.5 Å². The summed E-state index contributed by atoms with van der Waals surface area (Å²) in [6.07, 6.45) is 3.77. The van der Waals surface area contributed by atoms with Crippen molar-refractivity contribution in [3.05, 3.63) is 53.4 Å². The number of nitrogens with one attached hydrogen (secondary N) is 2. The van der Waals surface area contributed by atoms with Crippen molar-refractivity contribution in [3.63, 3.8) is 0 Å². The number of carbonyl (C=O) groups is 1. The lowest BCUT2D eigenvalue weighted by molar-refractivity contribution is 0.0482. The molecule has 0 radical (unpaired) electrons. The maximum atomic E-state index is 12.9. The SMILES string of the molecule is COc1c(Cl)cccc1Nc1c(-c2ccncc2)nn2c1C(=O)NCC2CC(C)(C)O. The molecule has 3 heterocycles. The maximum absolute atomic E-state index is 12.9. The standard InChI is InChI=1S/C22H24ClN5O3/c1-22(2,30)11-14-12-25-21(29)19-18(26-16-6-4-5-15(23)20(16)31-3)17(27-28(14)19)13-7-9-24-10-8-13/h4-10,14,26,30H,11-12H2,1-3H3,(H,25,29). The quantitative estimate of drug-likeness (QED) is 0.538. The Balaban J connectivity index is 1.89. The molecule has 0 saturated carbocycles. The molecular weight excluding hydrogens is 418 g/mol. The number of benzene rings is 1. The van der Waals surface area contributed by atoms with E-state index in [9.17, 15) is 9.90 Å². The third-order valence-electron chi connectivity index (χ3n) is 5.09. The number of ether oxygens (including phenoxy) is 1. The zero-order valence-electron chi connectivity index (χ0n) is 17.5. The zero-order chi connectivity index (χ0) is 22.2. The van der Waals surface area contributed by atoms with E-state index in [0.717, 1.165) is 5.56 Å². The van der Waals surface area contributed by atoms with Gasteiger partial charge in [0.15, 0.2) is 11.4 Å². The molecule has 1 unspecified atom stereocenters. The molecule has 1 aliphatic heterocycles. The van der Waals surface area contributed by atoms with Crippen LogP contribution in [0, 0.1) is 0 Å². The zero-order valence-corrected chi connectivity index (χ0v) is 18.3. The van der Waals surface area contributed by atoms with Crippen LogP contribution in [0.5, 0.6) is 5.75 Å². The molecule has 3 N–H and O–H groups in total. The Morgan fingerprint density at radius 1 is 1.32 bits per heavy atom. The number of hydrogen-bond donors (Lipinski definition) is 3. The van der Waals surface area contributed by atoms with E-state index in [0.29, 0.717) is 46.5 Å². The van der Waals surface area contributed by atoms with Gasteiger partial charge in [-0.15, -0.1) is 0 Å². The second-order valence-electron chi connectivity index (χ2n) is 8.08. The van der Waals surface area contributed by atoms with Crippen LogP contribution >= 0.6 is 11.6 Å². The molecule has 0 saturated heterocycles. The van der Waals surface area contributed by atoms with Crippen LogP contribution in [0.25, 0.3) is 11.3 Å². The number of aliphatic hydroxyl groups is 1. The molecule has 2 aromatic heterocycles. The van der Waals surface area contributed by atoms with E-state index in [-0.39, 0.29) is 11.9 Å². The lowest BCUT2D eigenvalue weighted by Crippen LogP contribution is -2.42. The van der Waals surface area contributed by atoms with E-state index in [4.69, 9.17) is 21.4 Å². The minimum atomic E-state index is -0.920. The van der Waals surface area contributed by atoms with Crippen LogP contribution in [0.15, 0.2) is 42.7 Å². The molecule has 9 heteroatoms. The van der Waals surface area contributed by atoms with E-state index >= 15 is 0 Å². The summed E-state index contributed by atoms with van der Waals surface area (Å²) < 4.78 is 7.16. The minimum absolute atomic E-state index is 0.204. The molecule has 0 bridgehead atoms. The van der Waals surface area contributed by atoms with Gasteiger partial charge in [-0.2, -0.15) is 5.10 Å². The summed E-state index contributed by atoms with van der Waals surface area (Å²) in [6.45, 7) is 3.87. The Labute approximate surface area is 185 Å². The summed E-state index contributed by atoms with van der Waals surface area (Å²) in [5.74, 6) is 0.220. The smallest absolute Gasteiger partial charge is 0.271 e. The number of anilines is 2. The van der Waals surface area contributed by atoms with Crippen molar-refractivity contribution in [1.82, 2.24) is 20.1 Å². The maximum Gasteiger partial charge on any atom is 0.271 e. The van der Waals surface area contributed by atoms with E-state index in [2.05, 4.69) is 15.6 Å². The summed E-state index contributed by atoms with van der Waals surface area (Å²) in [5, 5.41) is 21.9. The van der Waals surface area contributed by atoms with Gasteiger partial charge in [-0.25, -0.2) is 0 Å². The van der Waals surface area contributed by atoms with Gasteiger partial charge in [0.2, 0.25) is 0 Å². The minimum Gasteiger partial charge on any atom is -0.493 e. The lowest BCUT2D eigenvalue weighted by Gasteiger charge is -2.30. The summed E-state index contributed by atoms with van der Waals surface area (Å²) >= 11 is 6.29. The van der Waals surface area contributed by atoms with Gasteiger partial charge in [0.1, 0.15) is 5.69 Å². The van der Waals surface area contributed by atoms with Crippen molar-refractivity contribution in [2.24, 2.45) is 0 Å². The van der Waals surface area contributed by atoms with Gasteiger partial charge in [-0.3, -0.25) is 14.5 Å².